The Hall–Kier alpha value is -2.80. The van der Waals surface area contributed by atoms with Crippen LogP contribution in [-0.4, -0.2) is 32.7 Å². The van der Waals surface area contributed by atoms with Gasteiger partial charge in [-0.15, -0.1) is 0 Å². The second-order valence-corrected chi connectivity index (χ2v) is 5.02. The van der Waals surface area contributed by atoms with Crippen LogP contribution in [0.1, 0.15) is 5.56 Å². The molecule has 0 fully saturated rings. The molecule has 126 valence electrons. The molecule has 0 heterocycles. The fourth-order valence-corrected chi connectivity index (χ4v) is 2.23. The molecule has 2 aromatic rings. The van der Waals surface area contributed by atoms with Crippen molar-refractivity contribution in [3.05, 3.63) is 48.0 Å². The number of rotatable bonds is 6. The first-order chi connectivity index (χ1) is 11.7. The third-order valence-corrected chi connectivity index (χ3v) is 3.35. The lowest BCUT2D eigenvalue weighted by Crippen LogP contribution is -2.24. The maximum Gasteiger partial charge on any atom is 0.191 e. The summed E-state index contributed by atoms with van der Waals surface area (Å²) in [5.74, 6) is 1.94. The molecule has 0 aliphatic carbocycles. The van der Waals surface area contributed by atoms with E-state index in [0.717, 1.165) is 11.3 Å². The van der Waals surface area contributed by atoms with Crippen LogP contribution in [-0.2, 0) is 0 Å². The summed E-state index contributed by atoms with van der Waals surface area (Å²) in [5.41, 5.74) is 4.28. The van der Waals surface area contributed by atoms with Crippen LogP contribution >= 0.6 is 12.2 Å². The van der Waals surface area contributed by atoms with Crippen molar-refractivity contribution in [1.82, 2.24) is 5.43 Å². The predicted molar refractivity (Wildman–Crippen MR) is 99.5 cm³/mol. The van der Waals surface area contributed by atoms with E-state index < -0.39 is 0 Å². The average Bonchev–Trinajstić information content (AvgIpc) is 2.61. The number of para-hydroxylation sites is 3. The van der Waals surface area contributed by atoms with E-state index in [0.29, 0.717) is 22.4 Å². The zero-order chi connectivity index (χ0) is 17.4. The van der Waals surface area contributed by atoms with Crippen LogP contribution in [0.25, 0.3) is 0 Å². The number of hydrogen-bond donors (Lipinski definition) is 2. The Bertz CT molecular complexity index is 735. The summed E-state index contributed by atoms with van der Waals surface area (Å²) in [7, 11) is 4.77. The summed E-state index contributed by atoms with van der Waals surface area (Å²) in [4.78, 5) is 0. The fraction of sp³-hybridized carbons (Fsp3) is 0.176. The average molecular weight is 345 g/mol. The maximum absolute atomic E-state index is 5.34. The molecule has 0 radical (unpaired) electrons. The highest BCUT2D eigenvalue weighted by atomic mass is 32.1. The summed E-state index contributed by atoms with van der Waals surface area (Å²) >= 11 is 5.22. The largest absolute Gasteiger partial charge is 0.495 e. The number of nitrogens with zero attached hydrogens (tertiary/aromatic N) is 1. The van der Waals surface area contributed by atoms with Crippen LogP contribution in [0.2, 0.25) is 0 Å². The van der Waals surface area contributed by atoms with E-state index in [1.165, 1.54) is 0 Å². The van der Waals surface area contributed by atoms with Gasteiger partial charge in [-0.05, 0) is 36.5 Å². The molecule has 0 amide bonds. The highest BCUT2D eigenvalue weighted by Crippen LogP contribution is 2.29. The Morgan fingerprint density at radius 2 is 1.67 bits per heavy atom. The molecule has 0 atom stereocenters. The van der Waals surface area contributed by atoms with Crippen LogP contribution < -0.4 is 25.0 Å². The highest BCUT2D eigenvalue weighted by Gasteiger charge is 2.07. The molecule has 0 spiro atoms. The smallest absolute Gasteiger partial charge is 0.191 e. The number of hydrogen-bond acceptors (Lipinski definition) is 5. The van der Waals surface area contributed by atoms with Crippen molar-refractivity contribution in [2.24, 2.45) is 5.10 Å². The van der Waals surface area contributed by atoms with Gasteiger partial charge in [0, 0.05) is 5.56 Å². The lowest BCUT2D eigenvalue weighted by Gasteiger charge is -2.11. The normalized spacial score (nSPS) is 10.3. The Morgan fingerprint density at radius 1 is 0.958 bits per heavy atom. The quantitative estimate of drug-likeness (QED) is 0.477. The van der Waals surface area contributed by atoms with Crippen molar-refractivity contribution >= 4 is 29.2 Å². The van der Waals surface area contributed by atoms with Crippen LogP contribution in [0.5, 0.6) is 17.2 Å². The summed E-state index contributed by atoms with van der Waals surface area (Å²) in [6.07, 6.45) is 1.61. The first-order valence-corrected chi connectivity index (χ1v) is 7.54. The van der Waals surface area contributed by atoms with Crippen LogP contribution in [0.4, 0.5) is 5.69 Å². The van der Waals surface area contributed by atoms with E-state index in [4.69, 9.17) is 26.4 Å². The second kappa shape index (κ2) is 8.73. The molecule has 0 bridgehead atoms. The molecule has 0 saturated carbocycles. The molecule has 7 heteroatoms. The van der Waals surface area contributed by atoms with Gasteiger partial charge >= 0.3 is 0 Å². The summed E-state index contributed by atoms with van der Waals surface area (Å²) in [5, 5.41) is 7.49. The lowest BCUT2D eigenvalue weighted by molar-refractivity contribution is 0.354. The van der Waals surface area contributed by atoms with Gasteiger partial charge in [0.25, 0.3) is 0 Å². The summed E-state index contributed by atoms with van der Waals surface area (Å²) in [6, 6.07) is 13.0. The van der Waals surface area contributed by atoms with Crippen molar-refractivity contribution < 1.29 is 14.2 Å². The van der Waals surface area contributed by atoms with Gasteiger partial charge in [-0.1, -0.05) is 18.2 Å². The molecule has 0 aromatic heterocycles. The number of ether oxygens (including phenoxy) is 3. The minimum absolute atomic E-state index is 0.345. The summed E-state index contributed by atoms with van der Waals surface area (Å²) < 4.78 is 15.8. The van der Waals surface area contributed by atoms with E-state index in [2.05, 4.69) is 15.8 Å². The monoisotopic (exact) mass is 345 g/mol. The van der Waals surface area contributed by atoms with Gasteiger partial charge in [-0.25, -0.2) is 0 Å². The second-order valence-electron chi connectivity index (χ2n) is 4.61. The molecular weight excluding hydrogens is 326 g/mol. The molecule has 6 nitrogen and oxygen atoms in total. The van der Waals surface area contributed by atoms with Gasteiger partial charge in [0.2, 0.25) is 0 Å². The Kier molecular flexibility index (Phi) is 6.39. The molecule has 24 heavy (non-hydrogen) atoms. The van der Waals surface area contributed by atoms with Crippen LogP contribution in [0.3, 0.4) is 0 Å². The van der Waals surface area contributed by atoms with Gasteiger partial charge < -0.3 is 19.5 Å². The topological polar surface area (TPSA) is 64.1 Å². The first kappa shape index (κ1) is 17.6. The van der Waals surface area contributed by atoms with Gasteiger partial charge in [0.15, 0.2) is 16.6 Å². The number of nitrogens with one attached hydrogen (secondary N) is 2. The van der Waals surface area contributed by atoms with Crippen molar-refractivity contribution in [1.29, 1.82) is 0 Å². The molecule has 2 aromatic carbocycles. The van der Waals surface area contributed by atoms with E-state index in [1.807, 2.05) is 42.5 Å². The van der Waals surface area contributed by atoms with Crippen LogP contribution in [0.15, 0.2) is 47.6 Å². The standard InChI is InChI=1S/C17H19N3O3S/c1-21-14-9-5-4-8-13(14)19-17(24)20-18-11-12-7-6-10-15(22-2)16(12)23-3/h4-11H,1-3H3,(H2,19,20,24). The Balaban J connectivity index is 2.03. The molecular formula is C17H19N3O3S. The van der Waals surface area contributed by atoms with Gasteiger partial charge in [-0.2, -0.15) is 5.10 Å². The van der Waals surface area contributed by atoms with Gasteiger partial charge in [0.1, 0.15) is 5.75 Å². The van der Waals surface area contributed by atoms with Crippen LogP contribution in [0, 0.1) is 0 Å². The maximum atomic E-state index is 5.34. The third kappa shape index (κ3) is 4.36. The molecule has 0 aliphatic heterocycles. The van der Waals surface area contributed by atoms with E-state index in [-0.39, 0.29) is 0 Å². The van der Waals surface area contributed by atoms with Gasteiger partial charge in [-0.3, -0.25) is 5.43 Å². The van der Waals surface area contributed by atoms with Crippen molar-refractivity contribution in [2.45, 2.75) is 0 Å². The zero-order valence-corrected chi connectivity index (χ0v) is 14.5. The molecule has 0 saturated heterocycles. The molecule has 2 rings (SSSR count). The van der Waals surface area contributed by atoms with E-state index in [1.54, 1.807) is 27.5 Å². The van der Waals surface area contributed by atoms with Gasteiger partial charge in [0.05, 0.1) is 33.2 Å². The molecule has 0 aliphatic rings. The molecule has 2 N–H and O–H groups in total. The third-order valence-electron chi connectivity index (χ3n) is 3.16. The number of thiocarbonyl (C=S) groups is 1. The Labute approximate surface area is 146 Å². The Morgan fingerprint density at radius 3 is 2.38 bits per heavy atom. The highest BCUT2D eigenvalue weighted by molar-refractivity contribution is 7.80. The van der Waals surface area contributed by atoms with Crippen molar-refractivity contribution in [3.8, 4) is 17.2 Å². The predicted octanol–water partition coefficient (Wildman–Crippen LogP) is 3.03. The minimum Gasteiger partial charge on any atom is -0.495 e. The zero-order valence-electron chi connectivity index (χ0n) is 13.7. The first-order valence-electron chi connectivity index (χ1n) is 7.13. The van der Waals surface area contributed by atoms with Crippen molar-refractivity contribution in [3.63, 3.8) is 0 Å². The number of anilines is 1. The minimum atomic E-state index is 0.345. The molecule has 0 unspecified atom stereocenters. The van der Waals surface area contributed by atoms with E-state index in [9.17, 15) is 0 Å². The number of methoxy groups -OCH3 is 3. The fourth-order valence-electron chi connectivity index (χ4n) is 2.07. The lowest BCUT2D eigenvalue weighted by atomic mass is 10.2. The van der Waals surface area contributed by atoms with Crippen molar-refractivity contribution in [2.75, 3.05) is 26.6 Å². The number of benzene rings is 2. The number of hydrazone groups is 1. The van der Waals surface area contributed by atoms with E-state index >= 15 is 0 Å². The summed E-state index contributed by atoms with van der Waals surface area (Å²) in [6.45, 7) is 0. The SMILES string of the molecule is COc1ccccc1NC(=S)NN=Cc1cccc(OC)c1OC.